The number of aliphatic hydroxyl groups is 1. The molecule has 0 radical (unpaired) electrons. The minimum Gasteiger partial charge on any atom is -0.497 e. The first-order valence-electron chi connectivity index (χ1n) is 9.56. The molecule has 0 aliphatic rings. The number of benzene rings is 3. The number of aliphatic hydroxyl groups excluding tert-OH is 1. The molecule has 0 aliphatic heterocycles. The van der Waals surface area contributed by atoms with E-state index in [0.717, 1.165) is 11.1 Å². The highest BCUT2D eigenvalue weighted by molar-refractivity contribution is 6.30. The van der Waals surface area contributed by atoms with Crippen molar-refractivity contribution in [2.45, 2.75) is 6.92 Å². The van der Waals surface area contributed by atoms with Gasteiger partial charge in [0.25, 0.3) is 0 Å². The van der Waals surface area contributed by atoms with Gasteiger partial charge in [0, 0.05) is 16.1 Å². The molecule has 156 valence electrons. The Balaban J connectivity index is 2.26. The van der Waals surface area contributed by atoms with Crippen LogP contribution in [0.5, 0.6) is 11.5 Å². The summed E-state index contributed by atoms with van der Waals surface area (Å²) in [5.74, 6) is 0.835. The van der Waals surface area contributed by atoms with Crippen LogP contribution in [0.15, 0.2) is 60.7 Å². The maximum absolute atomic E-state index is 12.6. The molecule has 0 aliphatic carbocycles. The number of halogens is 1. The van der Waals surface area contributed by atoms with Gasteiger partial charge in [0.2, 0.25) is 0 Å². The van der Waals surface area contributed by atoms with Crippen LogP contribution < -0.4 is 9.47 Å². The zero-order valence-electron chi connectivity index (χ0n) is 16.9. The Kier molecular flexibility index (Phi) is 7.33. The number of rotatable bonds is 8. The van der Waals surface area contributed by atoms with Gasteiger partial charge < -0.3 is 19.3 Å². The zero-order chi connectivity index (χ0) is 21.5. The molecule has 0 saturated heterocycles. The van der Waals surface area contributed by atoms with E-state index in [1.165, 1.54) is 0 Å². The zero-order valence-corrected chi connectivity index (χ0v) is 17.6. The molecule has 0 amide bonds. The molecule has 3 rings (SSSR count). The maximum atomic E-state index is 12.6. The SMILES string of the molecule is CCOC(=O)c1cc(-c2ccc(OC)cc2)c(OCCO)c(-c2cccc(Cl)c2)c1. The second-order valence-corrected chi connectivity index (χ2v) is 6.87. The van der Waals surface area contributed by atoms with Gasteiger partial charge in [-0.05, 0) is 54.4 Å². The second-order valence-electron chi connectivity index (χ2n) is 6.43. The topological polar surface area (TPSA) is 65.0 Å². The fourth-order valence-corrected chi connectivity index (χ4v) is 3.31. The smallest absolute Gasteiger partial charge is 0.338 e. The first-order chi connectivity index (χ1) is 14.6. The maximum Gasteiger partial charge on any atom is 0.338 e. The fourth-order valence-electron chi connectivity index (χ4n) is 3.12. The number of carbonyl (C=O) groups is 1. The van der Waals surface area contributed by atoms with Crippen molar-refractivity contribution in [3.8, 4) is 33.8 Å². The third kappa shape index (κ3) is 4.93. The predicted molar refractivity (Wildman–Crippen MR) is 117 cm³/mol. The largest absolute Gasteiger partial charge is 0.497 e. The molecule has 30 heavy (non-hydrogen) atoms. The Bertz CT molecular complexity index is 1010. The summed E-state index contributed by atoms with van der Waals surface area (Å²) in [5, 5.41) is 9.90. The van der Waals surface area contributed by atoms with Gasteiger partial charge in [0.15, 0.2) is 0 Å². The molecule has 0 atom stereocenters. The molecular formula is C24H23ClO5. The van der Waals surface area contributed by atoms with E-state index >= 15 is 0 Å². The number of carbonyl (C=O) groups excluding carboxylic acids is 1. The molecule has 1 N–H and O–H groups in total. The highest BCUT2D eigenvalue weighted by Gasteiger charge is 2.19. The van der Waals surface area contributed by atoms with E-state index in [0.29, 0.717) is 33.2 Å². The third-order valence-electron chi connectivity index (χ3n) is 4.47. The van der Waals surface area contributed by atoms with Crippen molar-refractivity contribution in [1.82, 2.24) is 0 Å². The van der Waals surface area contributed by atoms with E-state index in [4.69, 9.17) is 25.8 Å². The van der Waals surface area contributed by atoms with Crippen LogP contribution in [0.4, 0.5) is 0 Å². The summed E-state index contributed by atoms with van der Waals surface area (Å²) in [6.07, 6.45) is 0. The molecule has 0 aromatic heterocycles. The summed E-state index contributed by atoms with van der Waals surface area (Å²) in [7, 11) is 1.60. The normalized spacial score (nSPS) is 10.5. The molecule has 3 aromatic carbocycles. The number of hydrogen-bond donors (Lipinski definition) is 1. The lowest BCUT2D eigenvalue weighted by Gasteiger charge is -2.18. The van der Waals surface area contributed by atoms with Crippen LogP contribution in [0.25, 0.3) is 22.3 Å². The Morgan fingerprint density at radius 1 is 1.00 bits per heavy atom. The van der Waals surface area contributed by atoms with Gasteiger partial charge >= 0.3 is 5.97 Å². The average molecular weight is 427 g/mol. The van der Waals surface area contributed by atoms with Crippen LogP contribution in [-0.2, 0) is 4.74 Å². The van der Waals surface area contributed by atoms with Crippen LogP contribution in [-0.4, -0.2) is 38.0 Å². The van der Waals surface area contributed by atoms with E-state index < -0.39 is 5.97 Å². The van der Waals surface area contributed by atoms with Gasteiger partial charge in [0.1, 0.15) is 18.1 Å². The van der Waals surface area contributed by atoms with Crippen molar-refractivity contribution < 1.29 is 24.1 Å². The van der Waals surface area contributed by atoms with E-state index in [1.54, 1.807) is 38.3 Å². The molecule has 0 bridgehead atoms. The molecule has 0 heterocycles. The van der Waals surface area contributed by atoms with Crippen molar-refractivity contribution in [2.24, 2.45) is 0 Å². The van der Waals surface area contributed by atoms with Crippen molar-refractivity contribution in [1.29, 1.82) is 0 Å². The van der Waals surface area contributed by atoms with Gasteiger partial charge in [0.05, 0.1) is 25.9 Å². The molecule has 5 nitrogen and oxygen atoms in total. The van der Waals surface area contributed by atoms with Crippen molar-refractivity contribution in [3.63, 3.8) is 0 Å². The minimum absolute atomic E-state index is 0.107. The van der Waals surface area contributed by atoms with Gasteiger partial charge in [-0.15, -0.1) is 0 Å². The summed E-state index contributed by atoms with van der Waals surface area (Å²) in [6, 6.07) is 18.2. The molecule has 3 aromatic rings. The number of hydrogen-bond acceptors (Lipinski definition) is 5. The van der Waals surface area contributed by atoms with E-state index in [9.17, 15) is 9.90 Å². The van der Waals surface area contributed by atoms with Gasteiger partial charge in [-0.2, -0.15) is 0 Å². The van der Waals surface area contributed by atoms with Crippen molar-refractivity contribution in [3.05, 3.63) is 71.2 Å². The van der Waals surface area contributed by atoms with Crippen LogP contribution in [0.3, 0.4) is 0 Å². The van der Waals surface area contributed by atoms with E-state index in [1.807, 2.05) is 36.4 Å². The first kappa shape index (κ1) is 21.7. The van der Waals surface area contributed by atoms with Crippen LogP contribution >= 0.6 is 11.6 Å². The molecule has 0 spiro atoms. The molecular weight excluding hydrogens is 404 g/mol. The first-order valence-corrected chi connectivity index (χ1v) is 9.94. The van der Waals surface area contributed by atoms with Crippen molar-refractivity contribution in [2.75, 3.05) is 26.9 Å². The number of esters is 1. The Morgan fingerprint density at radius 2 is 1.70 bits per heavy atom. The lowest BCUT2D eigenvalue weighted by Crippen LogP contribution is -2.08. The summed E-state index contributed by atoms with van der Waals surface area (Å²) in [5.41, 5.74) is 3.40. The number of ether oxygens (including phenoxy) is 3. The average Bonchev–Trinajstić information content (AvgIpc) is 2.77. The van der Waals surface area contributed by atoms with Gasteiger partial charge in [-0.1, -0.05) is 35.9 Å². The van der Waals surface area contributed by atoms with Gasteiger partial charge in [-0.3, -0.25) is 0 Å². The fraction of sp³-hybridized carbons (Fsp3) is 0.208. The van der Waals surface area contributed by atoms with E-state index in [2.05, 4.69) is 0 Å². The van der Waals surface area contributed by atoms with Crippen LogP contribution in [0.2, 0.25) is 5.02 Å². The predicted octanol–water partition coefficient (Wildman–Crippen LogP) is 5.23. The molecule has 0 unspecified atom stereocenters. The van der Waals surface area contributed by atoms with Gasteiger partial charge in [-0.25, -0.2) is 4.79 Å². The highest BCUT2D eigenvalue weighted by atomic mass is 35.5. The van der Waals surface area contributed by atoms with E-state index in [-0.39, 0.29) is 19.8 Å². The van der Waals surface area contributed by atoms with Crippen LogP contribution in [0, 0.1) is 0 Å². The summed E-state index contributed by atoms with van der Waals surface area (Å²) >= 11 is 6.21. The lowest BCUT2D eigenvalue weighted by atomic mass is 9.94. The second kappa shape index (κ2) is 10.1. The molecule has 0 fully saturated rings. The standard InChI is InChI=1S/C24H23ClO5/c1-3-29-24(27)18-14-21(16-7-9-20(28-2)10-8-16)23(30-12-11-26)22(15-18)17-5-4-6-19(25)13-17/h4-10,13-15,26H,3,11-12H2,1-2H3. The highest BCUT2D eigenvalue weighted by Crippen LogP contribution is 2.41. The Labute approximate surface area is 180 Å². The molecule has 0 saturated carbocycles. The lowest BCUT2D eigenvalue weighted by molar-refractivity contribution is 0.0526. The quantitative estimate of drug-likeness (QED) is 0.499. The van der Waals surface area contributed by atoms with Crippen molar-refractivity contribution >= 4 is 17.6 Å². The minimum atomic E-state index is -0.427. The number of methoxy groups -OCH3 is 1. The summed E-state index contributed by atoms with van der Waals surface area (Å²) < 4.78 is 16.4. The summed E-state index contributed by atoms with van der Waals surface area (Å²) in [6.45, 7) is 2.00. The Hall–Kier alpha value is -3.02. The van der Waals surface area contributed by atoms with Crippen LogP contribution in [0.1, 0.15) is 17.3 Å². The third-order valence-corrected chi connectivity index (χ3v) is 4.71. The Morgan fingerprint density at radius 3 is 2.30 bits per heavy atom. The molecule has 6 heteroatoms. The summed E-state index contributed by atoms with van der Waals surface area (Å²) in [4.78, 5) is 12.6. The monoisotopic (exact) mass is 426 g/mol.